The summed E-state index contributed by atoms with van der Waals surface area (Å²) >= 11 is 5.70. The fourth-order valence-corrected chi connectivity index (χ4v) is 1.50. The molecule has 0 aliphatic heterocycles. The van der Waals surface area contributed by atoms with Gasteiger partial charge in [-0.1, -0.05) is 27.7 Å². The SMILES string of the molecule is CCC(CCCl)NCCC(C)(C)C. The highest BCUT2D eigenvalue weighted by atomic mass is 35.5. The summed E-state index contributed by atoms with van der Waals surface area (Å²) in [4.78, 5) is 0. The second kappa shape index (κ2) is 6.67. The second-order valence-electron chi connectivity index (χ2n) is 4.85. The summed E-state index contributed by atoms with van der Waals surface area (Å²) in [5.41, 5.74) is 0.437. The quantitative estimate of drug-likeness (QED) is 0.656. The topological polar surface area (TPSA) is 12.0 Å². The molecule has 13 heavy (non-hydrogen) atoms. The van der Waals surface area contributed by atoms with Crippen molar-refractivity contribution in [3.05, 3.63) is 0 Å². The van der Waals surface area contributed by atoms with Gasteiger partial charge in [0.25, 0.3) is 0 Å². The van der Waals surface area contributed by atoms with Gasteiger partial charge in [-0.05, 0) is 31.2 Å². The fraction of sp³-hybridized carbons (Fsp3) is 1.00. The maximum atomic E-state index is 5.70. The predicted molar refractivity (Wildman–Crippen MR) is 61.5 cm³/mol. The number of hydrogen-bond acceptors (Lipinski definition) is 1. The third-order valence-electron chi connectivity index (χ3n) is 2.26. The van der Waals surface area contributed by atoms with E-state index in [1.54, 1.807) is 0 Å². The number of alkyl halides is 1. The van der Waals surface area contributed by atoms with Gasteiger partial charge in [-0.25, -0.2) is 0 Å². The van der Waals surface area contributed by atoms with Gasteiger partial charge in [0.15, 0.2) is 0 Å². The van der Waals surface area contributed by atoms with E-state index in [-0.39, 0.29) is 0 Å². The molecule has 0 spiro atoms. The van der Waals surface area contributed by atoms with Crippen LogP contribution in [0.3, 0.4) is 0 Å². The number of hydrogen-bond donors (Lipinski definition) is 1. The summed E-state index contributed by atoms with van der Waals surface area (Å²) in [6, 6.07) is 0.611. The third-order valence-corrected chi connectivity index (χ3v) is 2.48. The van der Waals surface area contributed by atoms with Crippen molar-refractivity contribution >= 4 is 11.6 Å². The molecule has 0 aromatic rings. The van der Waals surface area contributed by atoms with E-state index in [0.717, 1.165) is 18.8 Å². The van der Waals surface area contributed by atoms with Crippen molar-refractivity contribution in [2.24, 2.45) is 5.41 Å². The van der Waals surface area contributed by atoms with Gasteiger partial charge >= 0.3 is 0 Å². The molecule has 0 radical (unpaired) electrons. The van der Waals surface area contributed by atoms with Crippen LogP contribution in [-0.2, 0) is 0 Å². The molecule has 1 N–H and O–H groups in total. The highest BCUT2D eigenvalue weighted by Gasteiger charge is 2.10. The Kier molecular flexibility index (Phi) is 6.79. The van der Waals surface area contributed by atoms with Crippen molar-refractivity contribution in [2.75, 3.05) is 12.4 Å². The number of halogens is 1. The average molecular weight is 206 g/mol. The van der Waals surface area contributed by atoms with E-state index in [1.165, 1.54) is 12.8 Å². The van der Waals surface area contributed by atoms with Crippen LogP contribution >= 0.6 is 11.6 Å². The van der Waals surface area contributed by atoms with Gasteiger partial charge < -0.3 is 5.32 Å². The van der Waals surface area contributed by atoms with Gasteiger partial charge in [0.2, 0.25) is 0 Å². The van der Waals surface area contributed by atoms with Gasteiger partial charge in [-0.3, -0.25) is 0 Å². The summed E-state index contributed by atoms with van der Waals surface area (Å²) < 4.78 is 0. The average Bonchev–Trinajstić information content (AvgIpc) is 2.01. The highest BCUT2D eigenvalue weighted by Crippen LogP contribution is 2.17. The number of rotatable bonds is 6. The molecule has 0 heterocycles. The Labute approximate surface area is 88.2 Å². The van der Waals surface area contributed by atoms with Crippen molar-refractivity contribution in [3.63, 3.8) is 0 Å². The maximum Gasteiger partial charge on any atom is 0.0238 e. The molecule has 0 saturated carbocycles. The molecule has 1 unspecified atom stereocenters. The molecule has 1 atom stereocenters. The van der Waals surface area contributed by atoms with Crippen LogP contribution in [0.5, 0.6) is 0 Å². The van der Waals surface area contributed by atoms with Gasteiger partial charge in [0, 0.05) is 11.9 Å². The normalized spacial score (nSPS) is 14.5. The largest absolute Gasteiger partial charge is 0.314 e. The molecular weight excluding hydrogens is 182 g/mol. The second-order valence-corrected chi connectivity index (χ2v) is 5.23. The molecule has 0 saturated heterocycles. The fourth-order valence-electron chi connectivity index (χ4n) is 1.23. The zero-order valence-electron chi connectivity index (χ0n) is 9.49. The van der Waals surface area contributed by atoms with Gasteiger partial charge in [0.05, 0.1) is 0 Å². The molecule has 1 nitrogen and oxygen atoms in total. The first-order chi connectivity index (χ1) is 5.99. The van der Waals surface area contributed by atoms with Crippen molar-refractivity contribution in [1.29, 1.82) is 0 Å². The predicted octanol–water partition coefficient (Wildman–Crippen LogP) is 3.42. The van der Waals surface area contributed by atoms with Crippen molar-refractivity contribution in [3.8, 4) is 0 Å². The van der Waals surface area contributed by atoms with E-state index in [4.69, 9.17) is 11.6 Å². The van der Waals surface area contributed by atoms with E-state index < -0.39 is 0 Å². The van der Waals surface area contributed by atoms with E-state index in [2.05, 4.69) is 33.0 Å². The van der Waals surface area contributed by atoms with Crippen LogP contribution in [0.15, 0.2) is 0 Å². The maximum absolute atomic E-state index is 5.70. The Bertz CT molecular complexity index is 118. The van der Waals surface area contributed by atoms with Crippen LogP contribution < -0.4 is 5.32 Å². The van der Waals surface area contributed by atoms with Gasteiger partial charge in [-0.15, -0.1) is 11.6 Å². The van der Waals surface area contributed by atoms with Crippen LogP contribution in [0.1, 0.15) is 47.0 Å². The summed E-state index contributed by atoms with van der Waals surface area (Å²) in [5, 5.41) is 3.54. The number of nitrogens with one attached hydrogen (secondary N) is 1. The Hall–Kier alpha value is 0.250. The molecule has 0 aromatic carbocycles. The molecule has 0 bridgehead atoms. The molecule has 80 valence electrons. The standard InChI is InChI=1S/C11H24ClN/c1-5-10(6-8-12)13-9-7-11(2,3)4/h10,13H,5-9H2,1-4H3. The molecule has 2 heteroatoms. The Morgan fingerprint density at radius 3 is 2.31 bits per heavy atom. The molecule has 0 fully saturated rings. The Balaban J connectivity index is 3.49. The van der Waals surface area contributed by atoms with E-state index in [1.807, 2.05) is 0 Å². The first kappa shape index (κ1) is 13.2. The Morgan fingerprint density at radius 2 is 1.92 bits per heavy atom. The van der Waals surface area contributed by atoms with Crippen LogP contribution in [0.25, 0.3) is 0 Å². The minimum absolute atomic E-state index is 0.437. The molecule has 0 amide bonds. The third kappa shape index (κ3) is 8.58. The monoisotopic (exact) mass is 205 g/mol. The zero-order chi connectivity index (χ0) is 10.3. The summed E-state index contributed by atoms with van der Waals surface area (Å²) in [5.74, 6) is 0.765. The molecular formula is C11H24ClN. The van der Waals surface area contributed by atoms with Crippen molar-refractivity contribution in [2.45, 2.75) is 53.0 Å². The van der Waals surface area contributed by atoms with Crippen molar-refractivity contribution in [1.82, 2.24) is 5.32 Å². The lowest BCUT2D eigenvalue weighted by Gasteiger charge is -2.21. The van der Waals surface area contributed by atoms with Gasteiger partial charge in [-0.2, -0.15) is 0 Å². The first-order valence-corrected chi connectivity index (χ1v) is 5.82. The minimum Gasteiger partial charge on any atom is -0.314 e. The highest BCUT2D eigenvalue weighted by molar-refractivity contribution is 6.17. The lowest BCUT2D eigenvalue weighted by molar-refractivity contribution is 0.349. The smallest absolute Gasteiger partial charge is 0.0238 e. The molecule has 0 aliphatic carbocycles. The molecule has 0 aliphatic rings. The molecule has 0 aromatic heterocycles. The summed E-state index contributed by atoms with van der Waals surface area (Å²) in [6.45, 7) is 10.1. The van der Waals surface area contributed by atoms with Crippen LogP contribution in [0.4, 0.5) is 0 Å². The van der Waals surface area contributed by atoms with Crippen molar-refractivity contribution < 1.29 is 0 Å². The molecule has 0 rings (SSSR count). The van der Waals surface area contributed by atoms with Crippen LogP contribution in [0, 0.1) is 5.41 Å². The minimum atomic E-state index is 0.437. The van der Waals surface area contributed by atoms with E-state index in [0.29, 0.717) is 11.5 Å². The zero-order valence-corrected chi connectivity index (χ0v) is 10.2. The van der Waals surface area contributed by atoms with Crippen LogP contribution in [0.2, 0.25) is 0 Å². The summed E-state index contributed by atoms with van der Waals surface area (Å²) in [7, 11) is 0. The Morgan fingerprint density at radius 1 is 1.31 bits per heavy atom. The van der Waals surface area contributed by atoms with Crippen LogP contribution in [-0.4, -0.2) is 18.5 Å². The van der Waals surface area contributed by atoms with E-state index in [9.17, 15) is 0 Å². The van der Waals surface area contributed by atoms with Gasteiger partial charge in [0.1, 0.15) is 0 Å². The lowest BCUT2D eigenvalue weighted by Crippen LogP contribution is -2.31. The summed E-state index contributed by atoms with van der Waals surface area (Å²) in [6.07, 6.45) is 3.49. The lowest BCUT2D eigenvalue weighted by atomic mass is 9.92. The first-order valence-electron chi connectivity index (χ1n) is 5.29. The van der Waals surface area contributed by atoms with E-state index >= 15 is 0 Å².